The SMILES string of the molecule is C=CC(c1ccc(C)cc1)S(=O)(=O)n1c(C(=O)OCC)cc2cc(OC(C)C)ccc21. The highest BCUT2D eigenvalue weighted by molar-refractivity contribution is 7.90. The van der Waals surface area contributed by atoms with Crippen LogP contribution >= 0.6 is 0 Å². The first kappa shape index (κ1) is 22.6. The standard InChI is InChI=1S/C24H27NO5S/c1-6-23(18-10-8-17(5)9-11-18)31(27,28)25-21-13-12-20(30-16(3)4)14-19(21)15-22(25)24(26)29-7-2/h6,8-16,23H,1,7H2,2-5H3. The lowest BCUT2D eigenvalue weighted by molar-refractivity contribution is 0.0518. The first-order valence-electron chi connectivity index (χ1n) is 10.1. The number of esters is 1. The van der Waals surface area contributed by atoms with Crippen molar-refractivity contribution in [3.63, 3.8) is 0 Å². The van der Waals surface area contributed by atoms with Gasteiger partial charge in [-0.3, -0.25) is 0 Å². The molecule has 0 aliphatic rings. The second-order valence-electron chi connectivity index (χ2n) is 7.51. The Morgan fingerprint density at radius 1 is 1.13 bits per heavy atom. The summed E-state index contributed by atoms with van der Waals surface area (Å²) >= 11 is 0. The van der Waals surface area contributed by atoms with Gasteiger partial charge in [0.25, 0.3) is 0 Å². The highest BCUT2D eigenvalue weighted by Crippen LogP contribution is 2.33. The fourth-order valence-corrected chi connectivity index (χ4v) is 5.25. The molecule has 31 heavy (non-hydrogen) atoms. The summed E-state index contributed by atoms with van der Waals surface area (Å²) in [6, 6.07) is 13.8. The van der Waals surface area contributed by atoms with Gasteiger partial charge < -0.3 is 9.47 Å². The Morgan fingerprint density at radius 3 is 2.39 bits per heavy atom. The van der Waals surface area contributed by atoms with Crippen LogP contribution in [0, 0.1) is 6.92 Å². The average Bonchev–Trinajstić information content (AvgIpc) is 3.09. The fraction of sp³-hybridized carbons (Fsp3) is 0.292. The Hall–Kier alpha value is -3.06. The largest absolute Gasteiger partial charge is 0.491 e. The smallest absolute Gasteiger partial charge is 0.356 e. The number of carbonyl (C=O) groups is 1. The van der Waals surface area contributed by atoms with Gasteiger partial charge in [-0.2, -0.15) is 0 Å². The molecule has 0 saturated carbocycles. The van der Waals surface area contributed by atoms with Crippen LogP contribution < -0.4 is 4.74 Å². The molecule has 0 aliphatic carbocycles. The predicted molar refractivity (Wildman–Crippen MR) is 122 cm³/mol. The number of ether oxygens (including phenoxy) is 2. The van der Waals surface area contributed by atoms with E-state index in [-0.39, 0.29) is 18.4 Å². The molecule has 0 N–H and O–H groups in total. The van der Waals surface area contributed by atoms with Crippen molar-refractivity contribution in [2.45, 2.75) is 39.0 Å². The van der Waals surface area contributed by atoms with E-state index in [1.54, 1.807) is 37.3 Å². The summed E-state index contributed by atoms with van der Waals surface area (Å²) in [6.07, 6.45) is 1.33. The van der Waals surface area contributed by atoms with Gasteiger partial charge in [0.1, 0.15) is 16.7 Å². The topological polar surface area (TPSA) is 74.6 Å². The van der Waals surface area contributed by atoms with Crippen molar-refractivity contribution in [3.8, 4) is 5.75 Å². The van der Waals surface area contributed by atoms with E-state index in [9.17, 15) is 13.2 Å². The normalized spacial score (nSPS) is 12.7. The highest BCUT2D eigenvalue weighted by Gasteiger charge is 2.32. The number of fused-ring (bicyclic) bond motifs is 1. The summed E-state index contributed by atoms with van der Waals surface area (Å²) in [5, 5.41) is -0.472. The Bertz CT molecular complexity index is 1210. The molecule has 0 fully saturated rings. The first-order valence-corrected chi connectivity index (χ1v) is 11.6. The molecule has 2 aromatic carbocycles. The number of rotatable bonds is 8. The van der Waals surface area contributed by atoms with E-state index in [0.717, 1.165) is 9.54 Å². The predicted octanol–water partition coefficient (Wildman–Crippen LogP) is 5.02. The number of aryl methyl sites for hydroxylation is 1. The van der Waals surface area contributed by atoms with Crippen molar-refractivity contribution in [2.75, 3.05) is 6.61 Å². The zero-order valence-electron chi connectivity index (χ0n) is 18.2. The van der Waals surface area contributed by atoms with Crippen LogP contribution in [0.3, 0.4) is 0 Å². The molecule has 1 atom stereocenters. The highest BCUT2D eigenvalue weighted by atomic mass is 32.2. The van der Waals surface area contributed by atoms with Gasteiger partial charge in [-0.25, -0.2) is 17.2 Å². The molecule has 1 unspecified atom stereocenters. The van der Waals surface area contributed by atoms with Crippen LogP contribution in [-0.4, -0.2) is 31.1 Å². The Labute approximate surface area is 183 Å². The molecule has 3 rings (SSSR count). The lowest BCUT2D eigenvalue weighted by atomic mass is 10.1. The Balaban J connectivity index is 2.23. The van der Waals surface area contributed by atoms with Gasteiger partial charge in [0.05, 0.1) is 18.2 Å². The maximum atomic E-state index is 13.8. The monoisotopic (exact) mass is 441 g/mol. The van der Waals surface area contributed by atoms with Gasteiger partial charge in [-0.15, -0.1) is 6.58 Å². The Kier molecular flexibility index (Phi) is 6.55. The van der Waals surface area contributed by atoms with Crippen LogP contribution in [0.4, 0.5) is 0 Å². The second kappa shape index (κ2) is 8.98. The third-order valence-corrected chi connectivity index (χ3v) is 6.79. The summed E-state index contributed by atoms with van der Waals surface area (Å²) < 4.78 is 39.5. The lowest BCUT2D eigenvalue weighted by Gasteiger charge is -2.18. The van der Waals surface area contributed by atoms with Gasteiger partial charge in [0.15, 0.2) is 0 Å². The van der Waals surface area contributed by atoms with Gasteiger partial charge in [-0.05, 0) is 57.5 Å². The molecule has 0 spiro atoms. The number of hydrogen-bond acceptors (Lipinski definition) is 5. The van der Waals surface area contributed by atoms with Crippen LogP contribution in [0.2, 0.25) is 0 Å². The molecule has 6 nitrogen and oxygen atoms in total. The number of aromatic nitrogens is 1. The summed E-state index contributed by atoms with van der Waals surface area (Å²) in [5.41, 5.74) is 1.90. The molecule has 0 bridgehead atoms. The van der Waals surface area contributed by atoms with Crippen LogP contribution in [0.5, 0.6) is 5.75 Å². The third kappa shape index (κ3) is 4.51. The van der Waals surface area contributed by atoms with Gasteiger partial charge in [-0.1, -0.05) is 35.9 Å². The van der Waals surface area contributed by atoms with Crippen molar-refractivity contribution in [1.82, 2.24) is 3.97 Å². The summed E-state index contributed by atoms with van der Waals surface area (Å²) in [7, 11) is -4.07. The van der Waals surface area contributed by atoms with Gasteiger partial charge in [0, 0.05) is 5.39 Å². The molecule has 0 saturated heterocycles. The number of carbonyl (C=O) groups excluding carboxylic acids is 1. The molecule has 164 valence electrons. The van der Waals surface area contributed by atoms with Gasteiger partial charge >= 0.3 is 5.97 Å². The minimum Gasteiger partial charge on any atom is -0.491 e. The lowest BCUT2D eigenvalue weighted by Crippen LogP contribution is -2.24. The second-order valence-corrected chi connectivity index (χ2v) is 9.42. The summed E-state index contributed by atoms with van der Waals surface area (Å²) in [4.78, 5) is 12.7. The zero-order valence-corrected chi connectivity index (χ0v) is 19.0. The molecule has 0 aliphatic heterocycles. The quantitative estimate of drug-likeness (QED) is 0.362. The van der Waals surface area contributed by atoms with Crippen LogP contribution in [0.15, 0.2) is 61.2 Å². The summed E-state index contributed by atoms with van der Waals surface area (Å²) in [5.74, 6) is -0.119. The molecule has 1 heterocycles. The van der Waals surface area contributed by atoms with E-state index >= 15 is 0 Å². The van der Waals surface area contributed by atoms with E-state index in [4.69, 9.17) is 9.47 Å². The molecule has 1 aromatic heterocycles. The number of benzene rings is 2. The minimum absolute atomic E-state index is 0.0421. The van der Waals surface area contributed by atoms with Gasteiger partial charge in [0.2, 0.25) is 10.0 Å². The molecular weight excluding hydrogens is 414 g/mol. The maximum absolute atomic E-state index is 13.8. The van der Waals surface area contributed by atoms with E-state index in [1.165, 1.54) is 12.1 Å². The van der Waals surface area contributed by atoms with E-state index in [2.05, 4.69) is 6.58 Å². The van der Waals surface area contributed by atoms with E-state index in [0.29, 0.717) is 22.2 Å². The first-order chi connectivity index (χ1) is 14.7. The van der Waals surface area contributed by atoms with Crippen molar-refractivity contribution >= 4 is 26.9 Å². The van der Waals surface area contributed by atoms with Crippen molar-refractivity contribution in [2.24, 2.45) is 0 Å². The maximum Gasteiger partial charge on any atom is 0.356 e. The minimum atomic E-state index is -4.07. The van der Waals surface area contributed by atoms with Crippen LogP contribution in [0.25, 0.3) is 10.9 Å². The van der Waals surface area contributed by atoms with Crippen LogP contribution in [0.1, 0.15) is 47.6 Å². The van der Waals surface area contributed by atoms with Crippen molar-refractivity contribution < 1.29 is 22.7 Å². The molecule has 3 aromatic rings. The fourth-order valence-electron chi connectivity index (χ4n) is 3.43. The number of hydrogen-bond donors (Lipinski definition) is 0. The Morgan fingerprint density at radius 2 is 1.81 bits per heavy atom. The van der Waals surface area contributed by atoms with Crippen LogP contribution in [-0.2, 0) is 14.8 Å². The van der Waals surface area contributed by atoms with Crippen molar-refractivity contribution in [3.05, 3.63) is 78.0 Å². The molecule has 7 heteroatoms. The molecular formula is C24H27NO5S. The number of nitrogens with zero attached hydrogens (tertiary/aromatic N) is 1. The molecule has 0 radical (unpaired) electrons. The summed E-state index contributed by atoms with van der Waals surface area (Å²) in [6.45, 7) is 11.3. The van der Waals surface area contributed by atoms with E-state index < -0.39 is 21.2 Å². The van der Waals surface area contributed by atoms with E-state index in [1.807, 2.05) is 32.9 Å². The van der Waals surface area contributed by atoms with Crippen molar-refractivity contribution in [1.29, 1.82) is 0 Å². The third-order valence-electron chi connectivity index (χ3n) is 4.78. The average molecular weight is 442 g/mol. The zero-order chi connectivity index (χ0) is 22.8. The molecule has 0 amide bonds.